The van der Waals surface area contributed by atoms with Crippen LogP contribution in [0.15, 0.2) is 211 Å². The summed E-state index contributed by atoms with van der Waals surface area (Å²) >= 11 is 0. The van der Waals surface area contributed by atoms with Gasteiger partial charge >= 0.3 is 0 Å². The van der Waals surface area contributed by atoms with Crippen molar-refractivity contribution in [2.24, 2.45) is 0 Å². The minimum atomic E-state index is 0.582. The van der Waals surface area contributed by atoms with Crippen molar-refractivity contribution in [2.75, 3.05) is 4.90 Å². The molecule has 0 radical (unpaired) electrons. The maximum Gasteiger partial charge on any atom is 0.164 e. The van der Waals surface area contributed by atoms with Gasteiger partial charge in [-0.1, -0.05) is 164 Å². The highest BCUT2D eigenvalue weighted by Gasteiger charge is 2.22. The molecule has 0 N–H and O–H groups in total. The zero-order valence-electron chi connectivity index (χ0n) is 31.3. The first-order chi connectivity index (χ1) is 28.8. The predicted octanol–water partition coefficient (Wildman–Crippen LogP) is 14.2. The van der Waals surface area contributed by atoms with Gasteiger partial charge in [-0.05, 0) is 64.4 Å². The average molecular weight is 743 g/mol. The van der Waals surface area contributed by atoms with Gasteiger partial charge in [0.05, 0.1) is 11.4 Å². The van der Waals surface area contributed by atoms with E-state index in [9.17, 15) is 0 Å². The summed E-state index contributed by atoms with van der Waals surface area (Å²) < 4.78 is 6.66. The summed E-state index contributed by atoms with van der Waals surface area (Å²) in [5.41, 5.74) is 9.67. The average Bonchev–Trinajstić information content (AvgIpc) is 3.68. The van der Waals surface area contributed by atoms with Gasteiger partial charge in [0.25, 0.3) is 0 Å². The molecule has 0 fully saturated rings. The number of hydrogen-bond acceptors (Lipinski definition) is 5. The fraction of sp³-hybridized carbons (Fsp3) is 0. The lowest BCUT2D eigenvalue weighted by molar-refractivity contribution is 0.669. The minimum absolute atomic E-state index is 0.582. The first kappa shape index (κ1) is 33.4. The highest BCUT2D eigenvalue weighted by atomic mass is 16.3. The van der Waals surface area contributed by atoms with Crippen LogP contribution in [0.2, 0.25) is 0 Å². The predicted molar refractivity (Wildman–Crippen MR) is 239 cm³/mol. The van der Waals surface area contributed by atoms with E-state index < -0.39 is 0 Å². The van der Waals surface area contributed by atoms with E-state index in [0.717, 1.165) is 77.6 Å². The van der Waals surface area contributed by atoms with Gasteiger partial charge in [0.15, 0.2) is 17.5 Å². The second-order valence-electron chi connectivity index (χ2n) is 14.4. The summed E-state index contributed by atoms with van der Waals surface area (Å²) in [7, 11) is 0. The van der Waals surface area contributed by atoms with Gasteiger partial charge < -0.3 is 9.32 Å². The maximum absolute atomic E-state index is 6.66. The normalized spacial score (nSPS) is 11.4. The number of fused-ring (bicyclic) bond motifs is 5. The highest BCUT2D eigenvalue weighted by molar-refractivity contribution is 6.15. The van der Waals surface area contributed by atoms with Crippen molar-refractivity contribution in [3.63, 3.8) is 0 Å². The minimum Gasteiger partial charge on any atom is -0.456 e. The van der Waals surface area contributed by atoms with Crippen molar-refractivity contribution >= 4 is 60.5 Å². The third-order valence-electron chi connectivity index (χ3n) is 10.9. The molecule has 0 amide bonds. The van der Waals surface area contributed by atoms with Crippen LogP contribution < -0.4 is 4.90 Å². The Morgan fingerprint density at radius 2 is 0.897 bits per heavy atom. The summed E-state index contributed by atoms with van der Waals surface area (Å²) in [5, 5.41) is 6.60. The Morgan fingerprint density at radius 3 is 1.62 bits per heavy atom. The van der Waals surface area contributed by atoms with Crippen molar-refractivity contribution in [2.45, 2.75) is 0 Å². The van der Waals surface area contributed by atoms with Crippen molar-refractivity contribution in [1.29, 1.82) is 0 Å². The highest BCUT2D eigenvalue weighted by Crippen LogP contribution is 2.46. The van der Waals surface area contributed by atoms with E-state index in [4.69, 9.17) is 19.4 Å². The van der Waals surface area contributed by atoms with Crippen molar-refractivity contribution in [3.8, 4) is 45.3 Å². The molecule has 0 aliphatic carbocycles. The third-order valence-corrected chi connectivity index (χ3v) is 10.9. The molecule has 11 rings (SSSR count). The quantitative estimate of drug-likeness (QED) is 0.163. The van der Waals surface area contributed by atoms with Crippen LogP contribution in [0, 0.1) is 0 Å². The Kier molecular flexibility index (Phi) is 8.07. The summed E-state index contributed by atoms with van der Waals surface area (Å²) in [6.07, 6.45) is 0. The summed E-state index contributed by atoms with van der Waals surface area (Å²) in [6, 6.07) is 71.7. The van der Waals surface area contributed by atoms with E-state index in [2.05, 4.69) is 132 Å². The van der Waals surface area contributed by atoms with Crippen molar-refractivity contribution in [1.82, 2.24) is 15.0 Å². The number of benzene rings is 9. The standard InChI is InChI=1S/C53H34N4O/c1-4-18-36(19-5-1)51-54-52(37-20-6-2-7-21-37)56-53(55-51)45-33-38(34-49-50(45)44-28-14-15-30-48(44)58-49)40-31-32-47(43-27-13-12-26-42(40)43)57(39-23-8-3-9-24-39)46-29-16-22-35-17-10-11-25-41(35)46/h1-34H. The molecule has 0 saturated heterocycles. The molecule has 0 atom stereocenters. The van der Waals surface area contributed by atoms with Crippen LogP contribution in [0.3, 0.4) is 0 Å². The molecule has 11 aromatic rings. The fourth-order valence-corrected chi connectivity index (χ4v) is 8.23. The Labute approximate surface area is 335 Å². The molecular weight excluding hydrogens is 709 g/mol. The maximum atomic E-state index is 6.66. The zero-order valence-corrected chi connectivity index (χ0v) is 31.3. The molecular formula is C53H34N4O. The van der Waals surface area contributed by atoms with E-state index in [1.54, 1.807) is 0 Å². The lowest BCUT2D eigenvalue weighted by atomic mass is 9.93. The molecule has 272 valence electrons. The van der Waals surface area contributed by atoms with Crippen LogP contribution in [0.5, 0.6) is 0 Å². The van der Waals surface area contributed by atoms with Gasteiger partial charge in [-0.3, -0.25) is 0 Å². The summed E-state index contributed by atoms with van der Waals surface area (Å²) in [4.78, 5) is 17.8. The number of nitrogens with zero attached hydrogens (tertiary/aromatic N) is 4. The number of anilines is 3. The molecule has 2 aromatic heterocycles. The largest absolute Gasteiger partial charge is 0.456 e. The molecule has 2 heterocycles. The van der Waals surface area contributed by atoms with Crippen LogP contribution in [-0.2, 0) is 0 Å². The molecule has 5 heteroatoms. The number of para-hydroxylation sites is 2. The number of aromatic nitrogens is 3. The monoisotopic (exact) mass is 742 g/mol. The second kappa shape index (κ2) is 14.0. The van der Waals surface area contributed by atoms with E-state index >= 15 is 0 Å². The second-order valence-corrected chi connectivity index (χ2v) is 14.4. The molecule has 0 unspecified atom stereocenters. The third kappa shape index (κ3) is 5.76. The van der Waals surface area contributed by atoms with Crippen LogP contribution in [0.25, 0.3) is 88.8 Å². The van der Waals surface area contributed by atoms with Crippen LogP contribution in [0.1, 0.15) is 0 Å². The fourth-order valence-electron chi connectivity index (χ4n) is 8.23. The molecule has 5 nitrogen and oxygen atoms in total. The van der Waals surface area contributed by atoms with E-state index in [0.29, 0.717) is 17.5 Å². The Morgan fingerprint density at radius 1 is 0.345 bits per heavy atom. The van der Waals surface area contributed by atoms with Gasteiger partial charge in [-0.15, -0.1) is 0 Å². The van der Waals surface area contributed by atoms with Crippen molar-refractivity contribution < 1.29 is 4.42 Å². The zero-order chi connectivity index (χ0) is 38.4. The first-order valence-corrected chi connectivity index (χ1v) is 19.4. The molecule has 0 saturated carbocycles. The number of furan rings is 1. The van der Waals surface area contributed by atoms with Crippen LogP contribution in [-0.4, -0.2) is 15.0 Å². The van der Waals surface area contributed by atoms with Gasteiger partial charge in [0, 0.05) is 43.9 Å². The number of hydrogen-bond donors (Lipinski definition) is 0. The Balaban J connectivity index is 1.16. The molecule has 0 bridgehead atoms. The molecule has 0 aliphatic rings. The van der Waals surface area contributed by atoms with Crippen molar-refractivity contribution in [3.05, 3.63) is 206 Å². The smallest absolute Gasteiger partial charge is 0.164 e. The van der Waals surface area contributed by atoms with Gasteiger partial charge in [-0.2, -0.15) is 0 Å². The van der Waals surface area contributed by atoms with Gasteiger partial charge in [-0.25, -0.2) is 15.0 Å². The molecule has 0 spiro atoms. The van der Waals surface area contributed by atoms with Crippen LogP contribution >= 0.6 is 0 Å². The lowest BCUT2D eigenvalue weighted by Crippen LogP contribution is -2.11. The topological polar surface area (TPSA) is 55.1 Å². The Hall–Kier alpha value is -7.89. The summed E-state index contributed by atoms with van der Waals surface area (Å²) in [5.74, 6) is 1.80. The van der Waals surface area contributed by atoms with E-state index in [-0.39, 0.29) is 0 Å². The van der Waals surface area contributed by atoms with Gasteiger partial charge in [0.2, 0.25) is 0 Å². The molecule has 9 aromatic carbocycles. The summed E-state index contributed by atoms with van der Waals surface area (Å²) in [6.45, 7) is 0. The van der Waals surface area contributed by atoms with E-state index in [1.807, 2.05) is 78.9 Å². The SMILES string of the molecule is c1ccc(-c2nc(-c3ccccc3)nc(-c3cc(-c4ccc(N(c5ccccc5)c5cccc6ccccc56)c5ccccc45)cc4oc5ccccc5c34)n2)cc1. The molecule has 0 aliphatic heterocycles. The molecule has 58 heavy (non-hydrogen) atoms. The first-order valence-electron chi connectivity index (χ1n) is 19.4. The van der Waals surface area contributed by atoms with Crippen LogP contribution in [0.4, 0.5) is 17.1 Å². The Bertz CT molecular complexity index is 3220. The van der Waals surface area contributed by atoms with Gasteiger partial charge in [0.1, 0.15) is 11.2 Å². The lowest BCUT2D eigenvalue weighted by Gasteiger charge is -2.28. The number of rotatable bonds is 7. The van der Waals surface area contributed by atoms with E-state index in [1.165, 1.54) is 10.8 Å².